The van der Waals surface area contributed by atoms with Crippen LogP contribution in [0, 0.1) is 0 Å². The molecule has 0 unspecified atom stereocenters. The van der Waals surface area contributed by atoms with Gasteiger partial charge < -0.3 is 0 Å². The smallest absolute Gasteiger partial charge is 0.242 e. The number of rotatable bonds is 4. The molecule has 3 aromatic carbocycles. The summed E-state index contributed by atoms with van der Waals surface area (Å²) in [7, 11) is 0. The van der Waals surface area contributed by atoms with Crippen LogP contribution in [0.15, 0.2) is 134 Å². The van der Waals surface area contributed by atoms with Gasteiger partial charge in [0.25, 0.3) is 0 Å². The molecule has 0 N–H and O–H groups in total. The predicted octanol–water partition coefficient (Wildman–Crippen LogP) is 7.58. The monoisotopic (exact) mass is 566 g/mol. The quantitative estimate of drug-likeness (QED) is 0.218. The van der Waals surface area contributed by atoms with Gasteiger partial charge in [0.1, 0.15) is 16.9 Å². The van der Waals surface area contributed by atoms with Gasteiger partial charge in [0, 0.05) is 45.7 Å². The van der Waals surface area contributed by atoms with E-state index in [-0.39, 0.29) is 0 Å². The van der Waals surface area contributed by atoms with Crippen LogP contribution in [0.3, 0.4) is 0 Å². The summed E-state index contributed by atoms with van der Waals surface area (Å²) < 4.78 is 3.92. The SMILES string of the molecule is c1ccc(-c2ccc(-c3nc(-n4c5ccccc5c5cccnc54)nc(-n4c5ncccc5c5cccnc54)n3)cc2)cc1. The van der Waals surface area contributed by atoms with Crippen LogP contribution >= 0.6 is 0 Å². The number of nitrogens with zero attached hydrogens (tertiary/aromatic N) is 8. The normalized spacial score (nSPS) is 11.6. The van der Waals surface area contributed by atoms with E-state index in [1.165, 1.54) is 0 Å². The van der Waals surface area contributed by atoms with Gasteiger partial charge in [-0.1, -0.05) is 72.8 Å². The fourth-order valence-electron chi connectivity index (χ4n) is 5.98. The van der Waals surface area contributed by atoms with Crippen molar-refractivity contribution in [3.63, 3.8) is 0 Å². The molecule has 0 radical (unpaired) electrons. The summed E-state index contributed by atoms with van der Waals surface area (Å²) in [6.45, 7) is 0. The van der Waals surface area contributed by atoms with E-state index in [1.54, 1.807) is 18.6 Å². The highest BCUT2D eigenvalue weighted by Gasteiger charge is 2.21. The molecular formula is C36H22N8. The first-order valence-electron chi connectivity index (χ1n) is 14.3. The highest BCUT2D eigenvalue weighted by molar-refractivity contribution is 6.08. The molecule has 0 spiro atoms. The average Bonchev–Trinajstić information content (AvgIpc) is 3.62. The minimum atomic E-state index is 0.427. The van der Waals surface area contributed by atoms with Gasteiger partial charge in [0.2, 0.25) is 11.9 Å². The minimum Gasteiger partial charge on any atom is -0.262 e. The second kappa shape index (κ2) is 9.64. The summed E-state index contributed by atoms with van der Waals surface area (Å²) in [5, 5.41) is 4.06. The summed E-state index contributed by atoms with van der Waals surface area (Å²) in [4.78, 5) is 29.4. The Labute approximate surface area is 251 Å². The second-order valence-electron chi connectivity index (χ2n) is 10.5. The molecule has 8 nitrogen and oxygen atoms in total. The summed E-state index contributed by atoms with van der Waals surface area (Å²) in [5.41, 5.74) is 6.32. The number of fused-ring (bicyclic) bond motifs is 6. The fraction of sp³-hybridized carbons (Fsp3) is 0. The molecule has 8 heteroatoms. The van der Waals surface area contributed by atoms with Crippen molar-refractivity contribution in [1.82, 2.24) is 39.0 Å². The molecule has 9 rings (SSSR count). The number of aromatic nitrogens is 8. The van der Waals surface area contributed by atoms with Crippen molar-refractivity contribution < 1.29 is 0 Å². The number of pyridine rings is 3. The van der Waals surface area contributed by atoms with E-state index in [1.807, 2.05) is 69.8 Å². The lowest BCUT2D eigenvalue weighted by Crippen LogP contribution is -2.11. The zero-order chi connectivity index (χ0) is 29.0. The molecule has 44 heavy (non-hydrogen) atoms. The number of para-hydroxylation sites is 1. The van der Waals surface area contributed by atoms with Gasteiger partial charge in [-0.15, -0.1) is 0 Å². The molecule has 0 aliphatic heterocycles. The van der Waals surface area contributed by atoms with E-state index in [9.17, 15) is 0 Å². The molecular weight excluding hydrogens is 544 g/mol. The van der Waals surface area contributed by atoms with Crippen LogP contribution in [0.2, 0.25) is 0 Å². The summed E-state index contributed by atoms with van der Waals surface area (Å²) in [5.74, 6) is 1.42. The lowest BCUT2D eigenvalue weighted by atomic mass is 10.0. The molecule has 0 atom stereocenters. The molecule has 9 aromatic rings. The van der Waals surface area contributed by atoms with Crippen molar-refractivity contribution >= 4 is 44.0 Å². The summed E-state index contributed by atoms with van der Waals surface area (Å²) in [6, 6.07) is 38.8. The first-order chi connectivity index (χ1) is 21.8. The van der Waals surface area contributed by atoms with Gasteiger partial charge in [-0.2, -0.15) is 15.0 Å². The van der Waals surface area contributed by atoms with E-state index in [0.717, 1.165) is 60.7 Å². The van der Waals surface area contributed by atoms with Crippen molar-refractivity contribution in [1.29, 1.82) is 0 Å². The van der Waals surface area contributed by atoms with Gasteiger partial charge in [0.15, 0.2) is 5.82 Å². The van der Waals surface area contributed by atoms with E-state index >= 15 is 0 Å². The molecule has 206 valence electrons. The maximum atomic E-state index is 5.09. The lowest BCUT2D eigenvalue weighted by molar-refractivity contribution is 0.879. The van der Waals surface area contributed by atoms with E-state index in [4.69, 9.17) is 29.9 Å². The molecule has 0 aliphatic carbocycles. The van der Waals surface area contributed by atoms with E-state index < -0.39 is 0 Å². The maximum absolute atomic E-state index is 5.09. The number of hydrogen-bond acceptors (Lipinski definition) is 6. The first-order valence-corrected chi connectivity index (χ1v) is 14.3. The van der Waals surface area contributed by atoms with Crippen LogP contribution in [-0.2, 0) is 0 Å². The Bertz CT molecular complexity index is 2260. The molecule has 0 saturated heterocycles. The van der Waals surface area contributed by atoms with Crippen molar-refractivity contribution in [2.24, 2.45) is 0 Å². The Hall–Kier alpha value is -6.28. The molecule has 6 aromatic heterocycles. The van der Waals surface area contributed by atoms with Crippen LogP contribution in [0.5, 0.6) is 0 Å². The molecule has 0 saturated carbocycles. The maximum Gasteiger partial charge on any atom is 0.242 e. The van der Waals surface area contributed by atoms with Crippen LogP contribution in [0.1, 0.15) is 0 Å². The van der Waals surface area contributed by atoms with E-state index in [2.05, 4.69) is 54.6 Å². The van der Waals surface area contributed by atoms with Crippen LogP contribution < -0.4 is 0 Å². The average molecular weight is 567 g/mol. The van der Waals surface area contributed by atoms with E-state index in [0.29, 0.717) is 17.7 Å². The van der Waals surface area contributed by atoms with Crippen LogP contribution in [-0.4, -0.2) is 39.0 Å². The third-order valence-electron chi connectivity index (χ3n) is 7.98. The first kappa shape index (κ1) is 24.3. The van der Waals surface area contributed by atoms with Crippen molar-refractivity contribution in [2.75, 3.05) is 0 Å². The minimum absolute atomic E-state index is 0.427. The van der Waals surface area contributed by atoms with Gasteiger partial charge >= 0.3 is 0 Å². The number of hydrogen-bond donors (Lipinski definition) is 0. The number of benzene rings is 3. The van der Waals surface area contributed by atoms with Crippen LogP contribution in [0.25, 0.3) is 78.4 Å². The standard InChI is InChI=1S/C36H22N8/c1-2-9-23(10-3-1)24-16-18-25(19-17-24)31-40-35(43-30-15-5-4-11-26(30)27-12-6-20-37-32(27)43)42-36(41-31)44-33-28(13-7-21-38-33)29-14-8-22-39-34(29)44/h1-22H. The molecule has 0 aliphatic rings. The zero-order valence-electron chi connectivity index (χ0n) is 23.3. The van der Waals surface area contributed by atoms with Crippen LogP contribution in [0.4, 0.5) is 0 Å². The highest BCUT2D eigenvalue weighted by atomic mass is 15.3. The molecule has 0 bridgehead atoms. The third-order valence-corrected chi connectivity index (χ3v) is 7.98. The Kier molecular flexibility index (Phi) is 5.33. The van der Waals surface area contributed by atoms with Gasteiger partial charge in [0.05, 0.1) is 5.52 Å². The summed E-state index contributed by atoms with van der Waals surface area (Å²) >= 11 is 0. The van der Waals surface area contributed by atoms with Crippen molar-refractivity contribution in [2.45, 2.75) is 0 Å². The Morgan fingerprint density at radius 2 is 0.841 bits per heavy atom. The highest BCUT2D eigenvalue weighted by Crippen LogP contribution is 2.33. The Morgan fingerprint density at radius 1 is 0.364 bits per heavy atom. The molecule has 6 heterocycles. The largest absolute Gasteiger partial charge is 0.262 e. The second-order valence-corrected chi connectivity index (χ2v) is 10.5. The summed E-state index contributed by atoms with van der Waals surface area (Å²) in [6.07, 6.45) is 5.35. The Morgan fingerprint density at radius 3 is 1.50 bits per heavy atom. The van der Waals surface area contributed by atoms with Crippen molar-refractivity contribution in [3.8, 4) is 34.4 Å². The Balaban J connectivity index is 1.34. The van der Waals surface area contributed by atoms with Crippen molar-refractivity contribution in [3.05, 3.63) is 134 Å². The topological polar surface area (TPSA) is 87.2 Å². The predicted molar refractivity (Wildman–Crippen MR) is 173 cm³/mol. The zero-order valence-corrected chi connectivity index (χ0v) is 23.3. The molecule has 0 amide bonds. The van der Waals surface area contributed by atoms with Gasteiger partial charge in [-0.25, -0.2) is 19.5 Å². The van der Waals surface area contributed by atoms with Gasteiger partial charge in [-0.05, 0) is 53.6 Å². The van der Waals surface area contributed by atoms with Gasteiger partial charge in [-0.3, -0.25) is 4.57 Å². The lowest BCUT2D eigenvalue weighted by Gasteiger charge is -2.12. The molecule has 0 fully saturated rings. The fourth-order valence-corrected chi connectivity index (χ4v) is 5.98. The third kappa shape index (κ3) is 3.71.